The van der Waals surface area contributed by atoms with E-state index in [1.54, 1.807) is 11.3 Å². The molecule has 1 aliphatic heterocycles. The Morgan fingerprint density at radius 1 is 1.35 bits per heavy atom. The number of carbonyl (C=O) groups is 2. The maximum Gasteiger partial charge on any atom is 0.264 e. The highest BCUT2D eigenvalue weighted by molar-refractivity contribution is 7.14. The van der Waals surface area contributed by atoms with Gasteiger partial charge in [0.25, 0.3) is 5.91 Å². The molecule has 0 saturated carbocycles. The van der Waals surface area contributed by atoms with Crippen LogP contribution in [0, 0.1) is 5.92 Å². The van der Waals surface area contributed by atoms with Gasteiger partial charge in [0.05, 0.1) is 18.1 Å². The molecule has 2 N–H and O–H groups in total. The third-order valence-electron chi connectivity index (χ3n) is 3.99. The number of thiophene rings is 1. The first kappa shape index (κ1) is 13.6. The summed E-state index contributed by atoms with van der Waals surface area (Å²) in [7, 11) is 0. The highest BCUT2D eigenvalue weighted by atomic mass is 32.1. The molecular weight excluding hydrogens is 276 g/mol. The summed E-state index contributed by atoms with van der Waals surface area (Å²) >= 11 is 1.57. The lowest BCUT2D eigenvalue weighted by Gasteiger charge is -2.26. The molecule has 108 valence electrons. The summed E-state index contributed by atoms with van der Waals surface area (Å²) in [5, 5.41) is 0. The van der Waals surface area contributed by atoms with Crippen molar-refractivity contribution in [2.24, 2.45) is 11.7 Å². The molecule has 1 fully saturated rings. The zero-order valence-corrected chi connectivity index (χ0v) is 12.1. The van der Waals surface area contributed by atoms with Gasteiger partial charge in [-0.3, -0.25) is 9.59 Å². The molecule has 5 nitrogen and oxygen atoms in total. The van der Waals surface area contributed by atoms with Crippen LogP contribution >= 0.6 is 11.3 Å². The molecule has 1 aliphatic carbocycles. The van der Waals surface area contributed by atoms with E-state index < -0.39 is 0 Å². The largest absolute Gasteiger partial charge is 0.378 e. The molecule has 0 bridgehead atoms. The minimum atomic E-state index is -0.233. The van der Waals surface area contributed by atoms with Crippen molar-refractivity contribution in [3.8, 4) is 0 Å². The highest BCUT2D eigenvalue weighted by Crippen LogP contribution is 2.33. The normalized spacial score (nSPS) is 22.4. The standard InChI is InChI=1S/C14H18N2O3S/c15-13(17)9-1-2-11-10(7-9)8-12(20-11)14(18)16-3-5-19-6-4-16/h8-9H,1-7H2,(H2,15,17)/t9-/m0/s1. The fourth-order valence-corrected chi connectivity index (χ4v) is 3.97. The lowest BCUT2D eigenvalue weighted by Crippen LogP contribution is -2.40. The van der Waals surface area contributed by atoms with E-state index in [1.165, 1.54) is 4.88 Å². The average molecular weight is 294 g/mol. The van der Waals surface area contributed by atoms with Gasteiger partial charge in [-0.15, -0.1) is 11.3 Å². The third kappa shape index (κ3) is 2.58. The van der Waals surface area contributed by atoms with Crippen molar-refractivity contribution in [2.75, 3.05) is 26.3 Å². The zero-order chi connectivity index (χ0) is 14.1. The minimum Gasteiger partial charge on any atom is -0.378 e. The summed E-state index contributed by atoms with van der Waals surface area (Å²) in [4.78, 5) is 27.6. The molecule has 0 spiro atoms. The topological polar surface area (TPSA) is 72.6 Å². The van der Waals surface area contributed by atoms with Crippen molar-refractivity contribution < 1.29 is 14.3 Å². The van der Waals surface area contributed by atoms with Crippen molar-refractivity contribution in [3.05, 3.63) is 21.4 Å². The molecule has 3 rings (SSSR count). The number of nitrogens with two attached hydrogens (primary N) is 1. The van der Waals surface area contributed by atoms with E-state index >= 15 is 0 Å². The van der Waals surface area contributed by atoms with Crippen molar-refractivity contribution in [3.63, 3.8) is 0 Å². The Morgan fingerprint density at radius 2 is 2.10 bits per heavy atom. The molecule has 2 amide bonds. The number of nitrogens with zero attached hydrogens (tertiary/aromatic N) is 1. The van der Waals surface area contributed by atoms with Crippen LogP contribution in [0.4, 0.5) is 0 Å². The van der Waals surface area contributed by atoms with Crippen LogP contribution in [-0.4, -0.2) is 43.0 Å². The van der Waals surface area contributed by atoms with Crippen LogP contribution in [0.5, 0.6) is 0 Å². The van der Waals surface area contributed by atoms with Gasteiger partial charge in [-0.1, -0.05) is 0 Å². The van der Waals surface area contributed by atoms with E-state index in [4.69, 9.17) is 10.5 Å². The van der Waals surface area contributed by atoms with Crippen LogP contribution in [0.15, 0.2) is 6.07 Å². The van der Waals surface area contributed by atoms with Gasteiger partial charge in [0, 0.05) is 23.9 Å². The van der Waals surface area contributed by atoms with E-state index in [2.05, 4.69) is 0 Å². The number of carbonyl (C=O) groups excluding carboxylic acids is 2. The monoisotopic (exact) mass is 294 g/mol. The van der Waals surface area contributed by atoms with E-state index in [0.29, 0.717) is 32.7 Å². The Labute approximate surface area is 121 Å². The Balaban J connectivity index is 1.76. The van der Waals surface area contributed by atoms with E-state index in [1.807, 2.05) is 11.0 Å². The molecule has 2 heterocycles. The second kappa shape index (κ2) is 5.54. The van der Waals surface area contributed by atoms with Crippen LogP contribution in [-0.2, 0) is 22.4 Å². The maximum atomic E-state index is 12.4. The number of amides is 2. The fourth-order valence-electron chi connectivity index (χ4n) is 2.79. The van der Waals surface area contributed by atoms with Crippen LogP contribution in [0.2, 0.25) is 0 Å². The lowest BCUT2D eigenvalue weighted by atomic mass is 9.88. The van der Waals surface area contributed by atoms with Crippen LogP contribution < -0.4 is 5.73 Å². The maximum absolute atomic E-state index is 12.4. The van der Waals surface area contributed by atoms with Crippen molar-refractivity contribution in [2.45, 2.75) is 19.3 Å². The summed E-state index contributed by atoms with van der Waals surface area (Å²) in [6.45, 7) is 2.54. The summed E-state index contributed by atoms with van der Waals surface area (Å²) in [6.07, 6.45) is 2.33. The molecule has 0 radical (unpaired) electrons. The minimum absolute atomic E-state index is 0.0801. The van der Waals surface area contributed by atoms with Crippen molar-refractivity contribution >= 4 is 23.2 Å². The molecule has 1 atom stereocenters. The number of fused-ring (bicyclic) bond motifs is 1. The third-order valence-corrected chi connectivity index (χ3v) is 5.22. The first-order valence-electron chi connectivity index (χ1n) is 6.93. The molecule has 0 aromatic carbocycles. The average Bonchev–Trinajstić information content (AvgIpc) is 2.90. The molecule has 20 heavy (non-hydrogen) atoms. The predicted octanol–water partition coefficient (Wildman–Crippen LogP) is 0.811. The van der Waals surface area contributed by atoms with Gasteiger partial charge in [0.2, 0.25) is 5.91 Å². The van der Waals surface area contributed by atoms with Crippen molar-refractivity contribution in [1.29, 1.82) is 0 Å². The van der Waals surface area contributed by atoms with E-state index in [-0.39, 0.29) is 17.7 Å². The predicted molar refractivity (Wildman–Crippen MR) is 75.8 cm³/mol. The Kier molecular flexibility index (Phi) is 3.76. The first-order chi connectivity index (χ1) is 9.65. The molecule has 6 heteroatoms. The second-order valence-corrected chi connectivity index (χ2v) is 6.44. The number of rotatable bonds is 2. The number of morpholine rings is 1. The second-order valence-electron chi connectivity index (χ2n) is 5.31. The summed E-state index contributed by atoms with van der Waals surface area (Å²) in [5.74, 6) is -0.227. The number of hydrogen-bond donors (Lipinski definition) is 1. The number of aryl methyl sites for hydroxylation is 1. The molecule has 1 aromatic rings. The van der Waals surface area contributed by atoms with E-state index in [9.17, 15) is 9.59 Å². The lowest BCUT2D eigenvalue weighted by molar-refractivity contribution is -0.122. The molecule has 1 aromatic heterocycles. The summed E-state index contributed by atoms with van der Waals surface area (Å²) in [5.41, 5.74) is 6.51. The smallest absolute Gasteiger partial charge is 0.264 e. The molecular formula is C14H18N2O3S. The van der Waals surface area contributed by atoms with E-state index in [0.717, 1.165) is 23.3 Å². The first-order valence-corrected chi connectivity index (χ1v) is 7.74. The molecule has 0 unspecified atom stereocenters. The van der Waals surface area contributed by atoms with Gasteiger partial charge in [-0.25, -0.2) is 0 Å². The highest BCUT2D eigenvalue weighted by Gasteiger charge is 2.27. The van der Waals surface area contributed by atoms with Gasteiger partial charge >= 0.3 is 0 Å². The van der Waals surface area contributed by atoms with Gasteiger partial charge in [-0.05, 0) is 30.9 Å². The summed E-state index contributed by atoms with van der Waals surface area (Å²) < 4.78 is 5.27. The Morgan fingerprint density at radius 3 is 2.80 bits per heavy atom. The Hall–Kier alpha value is -1.40. The van der Waals surface area contributed by atoms with Crippen LogP contribution in [0.25, 0.3) is 0 Å². The van der Waals surface area contributed by atoms with Crippen LogP contribution in [0.3, 0.4) is 0 Å². The number of primary amides is 1. The van der Waals surface area contributed by atoms with Gasteiger partial charge < -0.3 is 15.4 Å². The number of hydrogen-bond acceptors (Lipinski definition) is 4. The number of ether oxygens (including phenoxy) is 1. The van der Waals surface area contributed by atoms with Crippen molar-refractivity contribution in [1.82, 2.24) is 4.90 Å². The van der Waals surface area contributed by atoms with Gasteiger partial charge in [-0.2, -0.15) is 0 Å². The Bertz CT molecular complexity index is 535. The van der Waals surface area contributed by atoms with Crippen LogP contribution in [0.1, 0.15) is 26.5 Å². The summed E-state index contributed by atoms with van der Waals surface area (Å²) in [6, 6.07) is 1.95. The quantitative estimate of drug-likeness (QED) is 0.877. The molecule has 2 aliphatic rings. The SMILES string of the molecule is NC(=O)[C@H]1CCc2sc(C(=O)N3CCOCC3)cc2C1. The molecule has 1 saturated heterocycles. The van der Waals surface area contributed by atoms with Gasteiger partial charge in [0.1, 0.15) is 0 Å². The van der Waals surface area contributed by atoms with Gasteiger partial charge in [0.15, 0.2) is 0 Å². The zero-order valence-electron chi connectivity index (χ0n) is 11.3. The fraction of sp³-hybridized carbons (Fsp3) is 0.571.